The summed E-state index contributed by atoms with van der Waals surface area (Å²) in [5, 5.41) is 5.53. The Labute approximate surface area is 206 Å². The van der Waals surface area contributed by atoms with Crippen LogP contribution in [0.1, 0.15) is 17.7 Å². The number of piperazine rings is 1. The Morgan fingerprint density at radius 1 is 1.10 bits per heavy atom. The van der Waals surface area contributed by atoms with Gasteiger partial charge in [-0.1, -0.05) is 6.07 Å². The smallest absolute Gasteiger partial charge is 0.243 e. The van der Waals surface area contributed by atoms with Gasteiger partial charge in [-0.15, -0.1) is 35.3 Å². The van der Waals surface area contributed by atoms with Crippen LogP contribution in [0.2, 0.25) is 0 Å². The van der Waals surface area contributed by atoms with Crippen molar-refractivity contribution < 1.29 is 9.59 Å². The second kappa shape index (κ2) is 13.2. The fourth-order valence-corrected chi connectivity index (χ4v) is 4.39. The molecule has 3 rings (SSSR count). The average molecular weight is 563 g/mol. The van der Waals surface area contributed by atoms with Crippen LogP contribution >= 0.6 is 35.3 Å². The summed E-state index contributed by atoms with van der Waals surface area (Å²) in [6.45, 7) is 6.49. The van der Waals surface area contributed by atoms with Gasteiger partial charge in [0.15, 0.2) is 5.96 Å². The largest absolute Gasteiger partial charge is 0.356 e. The second-order valence-electron chi connectivity index (χ2n) is 8.04. The Kier molecular flexibility index (Phi) is 11.0. The van der Waals surface area contributed by atoms with Gasteiger partial charge in [0, 0.05) is 64.8 Å². The van der Waals surface area contributed by atoms with Crippen LogP contribution in [0.3, 0.4) is 0 Å². The molecular formula is C21H35IN6O2S. The molecule has 1 N–H and O–H groups in total. The molecule has 0 bridgehead atoms. The minimum absolute atomic E-state index is 0. The number of aliphatic imine (C=N–C) groups is 1. The Balaban J connectivity index is 0.00000341. The number of hydrogen-bond acceptors (Lipinski definition) is 5. The molecule has 2 aliphatic heterocycles. The predicted octanol–water partition coefficient (Wildman–Crippen LogP) is 1.18. The lowest BCUT2D eigenvalue weighted by Gasteiger charge is -2.36. The average Bonchev–Trinajstić information content (AvgIpc) is 3.45. The Bertz CT molecular complexity index is 713. The first-order valence-electron chi connectivity index (χ1n) is 10.8. The molecule has 10 heteroatoms. The zero-order valence-electron chi connectivity index (χ0n) is 18.6. The van der Waals surface area contributed by atoms with Crippen LogP contribution in [0, 0.1) is 0 Å². The molecule has 1 aromatic heterocycles. The molecule has 2 fully saturated rings. The number of nitrogens with one attached hydrogen (secondary N) is 1. The molecule has 174 valence electrons. The SMILES string of the molecule is CN(C)C(=O)CN=C(NCCc1cccs1)N1CCN(CC(=O)N2CCCC2)CC1.I. The zero-order chi connectivity index (χ0) is 21.3. The first-order chi connectivity index (χ1) is 14.5. The number of thiophene rings is 1. The van der Waals surface area contributed by atoms with Crippen molar-refractivity contribution in [2.45, 2.75) is 19.3 Å². The van der Waals surface area contributed by atoms with Gasteiger partial charge >= 0.3 is 0 Å². The topological polar surface area (TPSA) is 71.5 Å². The summed E-state index contributed by atoms with van der Waals surface area (Å²) in [6, 6.07) is 4.20. The van der Waals surface area contributed by atoms with Crippen LogP contribution in [-0.4, -0.2) is 110 Å². The highest BCUT2D eigenvalue weighted by Crippen LogP contribution is 2.10. The molecule has 0 radical (unpaired) electrons. The van der Waals surface area contributed by atoms with Gasteiger partial charge in [0.05, 0.1) is 6.54 Å². The van der Waals surface area contributed by atoms with Gasteiger partial charge in [0.1, 0.15) is 6.54 Å². The van der Waals surface area contributed by atoms with Crippen LogP contribution in [0.4, 0.5) is 0 Å². The van der Waals surface area contributed by atoms with Crippen molar-refractivity contribution in [3.05, 3.63) is 22.4 Å². The zero-order valence-corrected chi connectivity index (χ0v) is 21.7. The van der Waals surface area contributed by atoms with E-state index in [9.17, 15) is 9.59 Å². The summed E-state index contributed by atoms with van der Waals surface area (Å²) in [7, 11) is 3.50. The number of likely N-dealkylation sites (tertiary alicyclic amines) is 1. The third-order valence-electron chi connectivity index (χ3n) is 5.59. The highest BCUT2D eigenvalue weighted by molar-refractivity contribution is 14.0. The quantitative estimate of drug-likeness (QED) is 0.307. The number of guanidine groups is 1. The van der Waals surface area contributed by atoms with Gasteiger partial charge in [-0.25, -0.2) is 4.99 Å². The maximum absolute atomic E-state index is 12.4. The molecule has 0 spiro atoms. The molecule has 8 nitrogen and oxygen atoms in total. The highest BCUT2D eigenvalue weighted by atomic mass is 127. The van der Waals surface area contributed by atoms with E-state index in [-0.39, 0.29) is 42.3 Å². The fraction of sp³-hybridized carbons (Fsp3) is 0.667. The molecule has 0 atom stereocenters. The molecule has 0 aliphatic carbocycles. The maximum Gasteiger partial charge on any atom is 0.243 e. The summed E-state index contributed by atoms with van der Waals surface area (Å²) in [5.74, 6) is 1.02. The normalized spacial score (nSPS) is 17.4. The summed E-state index contributed by atoms with van der Waals surface area (Å²) < 4.78 is 0. The van der Waals surface area contributed by atoms with E-state index in [1.54, 1.807) is 30.3 Å². The van der Waals surface area contributed by atoms with Gasteiger partial charge in [0.25, 0.3) is 0 Å². The van der Waals surface area contributed by atoms with E-state index in [1.807, 2.05) is 4.90 Å². The van der Waals surface area contributed by atoms with Crippen molar-refractivity contribution in [1.29, 1.82) is 0 Å². The number of nitrogens with zero attached hydrogens (tertiary/aromatic N) is 5. The van der Waals surface area contributed by atoms with E-state index in [0.29, 0.717) is 6.54 Å². The summed E-state index contributed by atoms with van der Waals surface area (Å²) in [6.07, 6.45) is 3.19. The van der Waals surface area contributed by atoms with Crippen molar-refractivity contribution in [1.82, 2.24) is 24.9 Å². The lowest BCUT2D eigenvalue weighted by Crippen LogP contribution is -2.54. The van der Waals surface area contributed by atoms with Gasteiger partial charge in [-0.3, -0.25) is 14.5 Å². The van der Waals surface area contributed by atoms with E-state index < -0.39 is 0 Å². The van der Waals surface area contributed by atoms with E-state index in [4.69, 9.17) is 0 Å². The van der Waals surface area contributed by atoms with Crippen molar-refractivity contribution in [2.24, 2.45) is 4.99 Å². The van der Waals surface area contributed by atoms with Crippen LogP contribution in [-0.2, 0) is 16.0 Å². The standard InChI is InChI=1S/C21H34N6O2S.HI/c1-24(2)19(28)16-23-21(22-8-7-18-6-5-15-30-18)27-13-11-25(12-14-27)17-20(29)26-9-3-4-10-26;/h5-6,15H,3-4,7-14,16-17H2,1-2H3,(H,22,23);1H. The number of carbonyl (C=O) groups is 2. The van der Waals surface area contributed by atoms with E-state index in [2.05, 4.69) is 37.6 Å². The molecule has 31 heavy (non-hydrogen) atoms. The number of hydrogen-bond donors (Lipinski definition) is 1. The monoisotopic (exact) mass is 562 g/mol. The molecule has 0 aromatic carbocycles. The Morgan fingerprint density at radius 3 is 2.42 bits per heavy atom. The molecule has 0 saturated carbocycles. The Morgan fingerprint density at radius 2 is 1.81 bits per heavy atom. The maximum atomic E-state index is 12.4. The third kappa shape index (κ3) is 8.23. The number of rotatable bonds is 7. The van der Waals surface area contributed by atoms with Crippen LogP contribution in [0.25, 0.3) is 0 Å². The molecule has 1 aromatic rings. The van der Waals surface area contributed by atoms with Gasteiger partial charge in [-0.05, 0) is 30.7 Å². The van der Waals surface area contributed by atoms with Crippen molar-refractivity contribution >= 4 is 53.1 Å². The molecule has 2 amide bonds. The van der Waals surface area contributed by atoms with Crippen LogP contribution in [0.15, 0.2) is 22.5 Å². The minimum atomic E-state index is -0.0117. The Hall–Kier alpha value is -1.40. The highest BCUT2D eigenvalue weighted by Gasteiger charge is 2.24. The fourth-order valence-electron chi connectivity index (χ4n) is 3.68. The lowest BCUT2D eigenvalue weighted by molar-refractivity contribution is -0.131. The van der Waals surface area contributed by atoms with Gasteiger partial charge in [0.2, 0.25) is 11.8 Å². The summed E-state index contributed by atoms with van der Waals surface area (Å²) >= 11 is 1.75. The summed E-state index contributed by atoms with van der Waals surface area (Å²) in [5.41, 5.74) is 0. The lowest BCUT2D eigenvalue weighted by atomic mass is 10.3. The molecule has 3 heterocycles. The van der Waals surface area contributed by atoms with Crippen molar-refractivity contribution in [3.63, 3.8) is 0 Å². The molecule has 0 unspecified atom stereocenters. The first-order valence-corrected chi connectivity index (χ1v) is 11.7. The van der Waals surface area contributed by atoms with Gasteiger partial charge in [-0.2, -0.15) is 0 Å². The van der Waals surface area contributed by atoms with Crippen LogP contribution < -0.4 is 5.32 Å². The summed E-state index contributed by atoms with van der Waals surface area (Å²) in [4.78, 5) is 38.3. The number of amides is 2. The third-order valence-corrected chi connectivity index (χ3v) is 6.52. The molecule has 2 saturated heterocycles. The minimum Gasteiger partial charge on any atom is -0.356 e. The van der Waals surface area contributed by atoms with Crippen molar-refractivity contribution in [2.75, 3.05) is 73.0 Å². The van der Waals surface area contributed by atoms with Crippen LogP contribution in [0.5, 0.6) is 0 Å². The number of halogens is 1. The van der Waals surface area contributed by atoms with E-state index in [1.165, 1.54) is 4.88 Å². The second-order valence-corrected chi connectivity index (χ2v) is 9.07. The first kappa shape index (κ1) is 25.9. The molecule has 2 aliphatic rings. The van der Waals surface area contributed by atoms with E-state index in [0.717, 1.165) is 71.0 Å². The van der Waals surface area contributed by atoms with Gasteiger partial charge < -0.3 is 20.0 Å². The number of likely N-dealkylation sites (N-methyl/N-ethyl adjacent to an activating group) is 1. The number of carbonyl (C=O) groups excluding carboxylic acids is 2. The molecular weight excluding hydrogens is 527 g/mol. The van der Waals surface area contributed by atoms with E-state index >= 15 is 0 Å². The predicted molar refractivity (Wildman–Crippen MR) is 136 cm³/mol. The van der Waals surface area contributed by atoms with Crippen molar-refractivity contribution in [3.8, 4) is 0 Å².